The predicted molar refractivity (Wildman–Crippen MR) is 31.4 cm³/mol. The summed E-state index contributed by atoms with van der Waals surface area (Å²) in [6, 6.07) is 0. The molecule has 0 aromatic rings. The fraction of sp³-hybridized carbons (Fsp3) is 1.00. The minimum absolute atomic E-state index is 0.500. The molecule has 1 rings (SSSR count). The van der Waals surface area contributed by atoms with Crippen molar-refractivity contribution in [3.8, 4) is 0 Å². The van der Waals surface area contributed by atoms with Crippen molar-refractivity contribution in [2.75, 3.05) is 13.2 Å². The fourth-order valence-corrected chi connectivity index (χ4v) is 1.12. The van der Waals surface area contributed by atoms with Crippen LogP contribution in [0.2, 0.25) is 0 Å². The third kappa shape index (κ3) is 5.80. The third-order valence-corrected chi connectivity index (χ3v) is 1.61. The van der Waals surface area contributed by atoms with Crippen LogP contribution in [0.25, 0.3) is 0 Å². The molecule has 1 aliphatic rings. The number of halogens is 1. The zero-order valence-corrected chi connectivity index (χ0v) is 12.2. The fourth-order valence-electron chi connectivity index (χ4n) is 0.412. The Balaban J connectivity index is 0.000000291. The predicted octanol–water partition coefficient (Wildman–Crippen LogP) is 1.50. The molecule has 0 radical (unpaired) electrons. The Morgan fingerprint density at radius 2 is 1.78 bits per heavy atom. The molecular weight excluding hydrogens is 351 g/mol. The van der Waals surface area contributed by atoms with E-state index in [1.807, 2.05) is 0 Å². The van der Waals surface area contributed by atoms with Gasteiger partial charge in [0.05, 0.1) is 13.2 Å². The molecule has 0 amide bonds. The summed E-state index contributed by atoms with van der Waals surface area (Å²) < 4.78 is 19.4. The molecule has 6 heteroatoms. The molecule has 0 unspecified atom stereocenters. The van der Waals surface area contributed by atoms with E-state index in [9.17, 15) is 4.57 Å². The standard InChI is InChI=1S/C3H7O3P.ClH.Hg/c4-7-5-2-1-3-6-7;;/h7H,1-3H2;1H;/q;;+1/p-1. The van der Waals surface area contributed by atoms with Gasteiger partial charge in [0.2, 0.25) is 0 Å². The van der Waals surface area contributed by atoms with Crippen LogP contribution in [-0.2, 0) is 38.5 Å². The maximum atomic E-state index is 10.2. The van der Waals surface area contributed by atoms with Crippen molar-refractivity contribution in [2.24, 2.45) is 0 Å². The van der Waals surface area contributed by atoms with Gasteiger partial charge in [0.25, 0.3) is 0 Å². The first-order valence-corrected chi connectivity index (χ1v) is 10.5. The van der Waals surface area contributed by atoms with Crippen LogP contribution in [0, 0.1) is 0 Å². The van der Waals surface area contributed by atoms with E-state index in [2.05, 4.69) is 9.05 Å². The van der Waals surface area contributed by atoms with Gasteiger partial charge in [0.15, 0.2) is 0 Å². The van der Waals surface area contributed by atoms with Gasteiger partial charge in [0.1, 0.15) is 0 Å². The van der Waals surface area contributed by atoms with Gasteiger partial charge < -0.3 is 9.05 Å². The molecule has 0 bridgehead atoms. The summed E-state index contributed by atoms with van der Waals surface area (Å²) in [6.07, 6.45) is 0.871. The zero-order valence-electron chi connectivity index (χ0n) is 4.93. The summed E-state index contributed by atoms with van der Waals surface area (Å²) in [5, 5.41) is 0. The first-order chi connectivity index (χ1) is 4.39. The van der Waals surface area contributed by atoms with Crippen LogP contribution in [0.5, 0.6) is 0 Å². The van der Waals surface area contributed by atoms with Crippen LogP contribution < -0.4 is 0 Å². The molecule has 1 fully saturated rings. The van der Waals surface area contributed by atoms with Crippen LogP contribution >= 0.6 is 16.5 Å². The average molecular weight is 358 g/mol. The van der Waals surface area contributed by atoms with Crippen molar-refractivity contribution in [1.29, 1.82) is 0 Å². The first kappa shape index (κ1) is 10.4. The first-order valence-electron chi connectivity index (χ1n) is 2.46. The van der Waals surface area contributed by atoms with Crippen molar-refractivity contribution in [3.63, 3.8) is 0 Å². The molecule has 1 aliphatic heterocycles. The summed E-state index contributed by atoms with van der Waals surface area (Å²) in [4.78, 5) is 0. The van der Waals surface area contributed by atoms with Gasteiger partial charge in [-0.05, 0) is 6.42 Å². The maximum absolute atomic E-state index is 10.2. The Kier molecular flexibility index (Phi) is 8.62. The molecule has 1 heterocycles. The van der Waals surface area contributed by atoms with Gasteiger partial charge in [-0.25, -0.2) is 0 Å². The minimum atomic E-state index is -2.04. The Morgan fingerprint density at radius 1 is 1.33 bits per heavy atom. The van der Waals surface area contributed by atoms with Gasteiger partial charge in [-0.3, -0.25) is 4.57 Å². The normalized spacial score (nSPS) is 20.3. The van der Waals surface area contributed by atoms with Crippen molar-refractivity contribution >= 4 is 16.5 Å². The van der Waals surface area contributed by atoms with E-state index in [1.165, 1.54) is 0 Å². The monoisotopic (exact) mass is 359 g/mol. The number of rotatable bonds is 0. The second kappa shape index (κ2) is 7.48. The van der Waals surface area contributed by atoms with Gasteiger partial charge in [0, 0.05) is 0 Å². The van der Waals surface area contributed by atoms with E-state index in [0.717, 1.165) is 6.42 Å². The number of hydrogen-bond donors (Lipinski definition) is 0. The van der Waals surface area contributed by atoms with Gasteiger partial charge in [-0.15, -0.1) is 0 Å². The second-order valence-electron chi connectivity index (χ2n) is 1.30. The van der Waals surface area contributed by atoms with E-state index in [0.29, 0.717) is 38.1 Å². The quantitative estimate of drug-likeness (QED) is 0.487. The van der Waals surface area contributed by atoms with E-state index < -0.39 is 8.25 Å². The van der Waals surface area contributed by atoms with Gasteiger partial charge >= 0.3 is 41.4 Å². The molecule has 0 aromatic heterocycles. The summed E-state index contributed by atoms with van der Waals surface area (Å²) in [5.74, 6) is 0. The molecule has 0 atom stereocenters. The third-order valence-electron chi connectivity index (χ3n) is 0.729. The summed E-state index contributed by atoms with van der Waals surface area (Å²) >= 11 is 0.500. The van der Waals surface area contributed by atoms with Crippen molar-refractivity contribution < 1.29 is 38.5 Å². The number of hydrogen-bond acceptors (Lipinski definition) is 3. The summed E-state index contributed by atoms with van der Waals surface area (Å²) in [7, 11) is 2.79. The van der Waals surface area contributed by atoms with Crippen LogP contribution in [0.3, 0.4) is 0 Å². The van der Waals surface area contributed by atoms with Crippen molar-refractivity contribution in [3.05, 3.63) is 0 Å². The zero-order chi connectivity index (χ0) is 7.11. The molecule has 0 saturated carbocycles. The average Bonchev–Trinajstić information content (AvgIpc) is 1.94. The second-order valence-corrected chi connectivity index (χ2v) is 2.38. The summed E-state index contributed by atoms with van der Waals surface area (Å²) in [5.41, 5.74) is 0. The Morgan fingerprint density at radius 3 is 2.00 bits per heavy atom. The van der Waals surface area contributed by atoms with E-state index in [1.54, 1.807) is 0 Å². The van der Waals surface area contributed by atoms with Crippen LogP contribution in [0.4, 0.5) is 0 Å². The molecule has 0 spiro atoms. The van der Waals surface area contributed by atoms with Crippen LogP contribution in [-0.4, -0.2) is 13.2 Å². The van der Waals surface area contributed by atoms with Crippen LogP contribution in [0.15, 0.2) is 0 Å². The molecule has 0 aliphatic carbocycles. The van der Waals surface area contributed by atoms with E-state index >= 15 is 0 Å². The van der Waals surface area contributed by atoms with Crippen molar-refractivity contribution in [2.45, 2.75) is 6.42 Å². The molecule has 3 nitrogen and oxygen atoms in total. The Labute approximate surface area is 74.4 Å². The molecular formula is C3H7ClHgO3P. The van der Waals surface area contributed by atoms with Crippen molar-refractivity contribution in [1.82, 2.24) is 0 Å². The van der Waals surface area contributed by atoms with E-state index in [-0.39, 0.29) is 0 Å². The molecule has 0 aromatic carbocycles. The van der Waals surface area contributed by atoms with E-state index in [4.69, 9.17) is 8.25 Å². The van der Waals surface area contributed by atoms with Gasteiger partial charge in [-0.2, -0.15) is 0 Å². The Bertz CT molecular complexity index is 83.1. The molecule has 1 saturated heterocycles. The SMILES string of the molecule is O=[PH]1OCCCO1.[Cl][Hg]. The topological polar surface area (TPSA) is 35.5 Å². The Hall–Kier alpha value is 1.38. The molecule has 9 heavy (non-hydrogen) atoms. The van der Waals surface area contributed by atoms with Gasteiger partial charge in [-0.1, -0.05) is 0 Å². The molecule has 0 N–H and O–H groups in total. The van der Waals surface area contributed by atoms with Crippen LogP contribution in [0.1, 0.15) is 6.42 Å². The summed E-state index contributed by atoms with van der Waals surface area (Å²) in [6.45, 7) is 1.19. The molecule has 51 valence electrons.